The van der Waals surface area contributed by atoms with Gasteiger partial charge in [0, 0.05) is 17.6 Å². The van der Waals surface area contributed by atoms with Crippen LogP contribution < -0.4 is 15.4 Å². The quantitative estimate of drug-likeness (QED) is 0.436. The van der Waals surface area contributed by atoms with Crippen LogP contribution >= 0.6 is 0 Å². The van der Waals surface area contributed by atoms with Crippen molar-refractivity contribution in [1.82, 2.24) is 5.32 Å². The standard InChI is InChI=1S/C27H37N3O4S/c1-6-11-21(3)29-26(31)24-15-23(16-25(17-24)30(14-7-2)35(5,32)33)19-34-20-27(4,28)18-22-12-9-8-10-13-22/h8-10,12-13,15-17,21H,7,14,18-20,28H2,1-5H3,(H,29,31). The van der Waals surface area contributed by atoms with Gasteiger partial charge in [0.05, 0.1) is 31.2 Å². The van der Waals surface area contributed by atoms with E-state index in [4.69, 9.17) is 10.5 Å². The first kappa shape index (κ1) is 28.4. The number of hydrogen-bond acceptors (Lipinski definition) is 5. The molecule has 0 saturated heterocycles. The largest absolute Gasteiger partial charge is 0.375 e. The number of anilines is 1. The molecule has 2 aromatic carbocycles. The Labute approximate surface area is 210 Å². The second kappa shape index (κ2) is 12.7. The summed E-state index contributed by atoms with van der Waals surface area (Å²) in [6.45, 7) is 8.11. The zero-order valence-electron chi connectivity index (χ0n) is 21.3. The first-order chi connectivity index (χ1) is 16.4. The lowest BCUT2D eigenvalue weighted by Gasteiger charge is -2.25. The maximum Gasteiger partial charge on any atom is 0.252 e. The van der Waals surface area contributed by atoms with E-state index in [2.05, 4.69) is 17.2 Å². The molecule has 0 spiro atoms. The zero-order valence-corrected chi connectivity index (χ0v) is 22.1. The van der Waals surface area contributed by atoms with Crippen LogP contribution in [0.5, 0.6) is 0 Å². The van der Waals surface area contributed by atoms with Crippen molar-refractivity contribution in [3.8, 4) is 11.8 Å². The normalized spacial score (nSPS) is 13.8. The highest BCUT2D eigenvalue weighted by Gasteiger charge is 2.22. The highest BCUT2D eigenvalue weighted by Crippen LogP contribution is 2.23. The number of nitrogens with two attached hydrogens (primary N) is 1. The van der Waals surface area contributed by atoms with Gasteiger partial charge in [-0.15, -0.1) is 5.92 Å². The zero-order chi connectivity index (χ0) is 26.1. The van der Waals surface area contributed by atoms with E-state index in [1.54, 1.807) is 32.0 Å². The summed E-state index contributed by atoms with van der Waals surface area (Å²) in [5, 5.41) is 2.83. The Hall–Kier alpha value is -2.86. The smallest absolute Gasteiger partial charge is 0.252 e. The minimum Gasteiger partial charge on any atom is -0.375 e. The van der Waals surface area contributed by atoms with E-state index < -0.39 is 15.6 Å². The van der Waals surface area contributed by atoms with Crippen LogP contribution in [0, 0.1) is 11.8 Å². The second-order valence-corrected chi connectivity index (χ2v) is 11.0. The third kappa shape index (κ3) is 9.36. The van der Waals surface area contributed by atoms with Crippen LogP contribution in [-0.4, -0.2) is 45.3 Å². The second-order valence-electron chi connectivity index (χ2n) is 9.12. The maximum absolute atomic E-state index is 12.9. The molecule has 1 amide bonds. The molecule has 0 heterocycles. The number of sulfonamides is 1. The number of nitrogens with one attached hydrogen (secondary N) is 1. The summed E-state index contributed by atoms with van der Waals surface area (Å²) in [5.74, 6) is 5.33. The van der Waals surface area contributed by atoms with E-state index in [9.17, 15) is 13.2 Å². The molecule has 7 nitrogen and oxygen atoms in total. The Bertz CT molecular complexity index is 1150. The number of carbonyl (C=O) groups excluding carboxylic acids is 1. The lowest BCUT2D eigenvalue weighted by Crippen LogP contribution is -2.43. The van der Waals surface area contributed by atoms with E-state index in [1.165, 1.54) is 4.31 Å². The van der Waals surface area contributed by atoms with E-state index in [0.717, 1.165) is 11.8 Å². The Balaban J connectivity index is 2.27. The topological polar surface area (TPSA) is 102 Å². The fourth-order valence-corrected chi connectivity index (χ4v) is 4.77. The highest BCUT2D eigenvalue weighted by atomic mass is 32.2. The van der Waals surface area contributed by atoms with Gasteiger partial charge in [-0.3, -0.25) is 9.10 Å². The Morgan fingerprint density at radius 2 is 1.89 bits per heavy atom. The number of amides is 1. The molecule has 0 fully saturated rings. The van der Waals surface area contributed by atoms with Crippen LogP contribution in [0.2, 0.25) is 0 Å². The predicted molar refractivity (Wildman–Crippen MR) is 142 cm³/mol. The molecule has 0 aromatic heterocycles. The Morgan fingerprint density at radius 1 is 1.20 bits per heavy atom. The molecule has 8 heteroatoms. The summed E-state index contributed by atoms with van der Waals surface area (Å²) in [6.07, 6.45) is 2.44. The fourth-order valence-electron chi connectivity index (χ4n) is 3.77. The summed E-state index contributed by atoms with van der Waals surface area (Å²) in [5.41, 5.74) is 8.44. The van der Waals surface area contributed by atoms with Crippen LogP contribution in [0.4, 0.5) is 5.69 Å². The van der Waals surface area contributed by atoms with Crippen molar-refractivity contribution >= 4 is 21.6 Å². The van der Waals surface area contributed by atoms with Gasteiger partial charge in [-0.25, -0.2) is 8.42 Å². The molecule has 0 aliphatic rings. The van der Waals surface area contributed by atoms with E-state index in [-0.39, 0.29) is 18.6 Å². The van der Waals surface area contributed by atoms with Crippen molar-refractivity contribution in [2.75, 3.05) is 23.7 Å². The molecule has 0 aliphatic carbocycles. The van der Waals surface area contributed by atoms with Crippen LogP contribution in [0.15, 0.2) is 48.5 Å². The molecule has 0 bridgehead atoms. The van der Waals surface area contributed by atoms with Gasteiger partial charge in [-0.05, 0) is 62.9 Å². The molecule has 0 saturated carbocycles. The molecule has 2 aromatic rings. The molecule has 2 rings (SSSR count). The molecular formula is C27H37N3O4S. The highest BCUT2D eigenvalue weighted by molar-refractivity contribution is 7.92. The Morgan fingerprint density at radius 3 is 2.49 bits per heavy atom. The molecule has 2 unspecified atom stereocenters. The third-order valence-corrected chi connectivity index (χ3v) is 6.41. The molecule has 35 heavy (non-hydrogen) atoms. The molecule has 3 N–H and O–H groups in total. The molecule has 0 aliphatic heterocycles. The van der Waals surface area contributed by atoms with Gasteiger partial charge in [-0.1, -0.05) is 43.2 Å². The lowest BCUT2D eigenvalue weighted by atomic mass is 9.95. The minimum absolute atomic E-state index is 0.184. The van der Waals surface area contributed by atoms with Crippen molar-refractivity contribution < 1.29 is 17.9 Å². The predicted octanol–water partition coefficient (Wildman–Crippen LogP) is 3.48. The Kier molecular flexibility index (Phi) is 10.3. The van der Waals surface area contributed by atoms with Gasteiger partial charge in [0.1, 0.15) is 0 Å². The summed E-state index contributed by atoms with van der Waals surface area (Å²) >= 11 is 0. The monoisotopic (exact) mass is 499 g/mol. The van der Waals surface area contributed by atoms with Crippen LogP contribution in [0.25, 0.3) is 0 Å². The average Bonchev–Trinajstić information content (AvgIpc) is 2.76. The number of rotatable bonds is 12. The number of nitrogens with zero attached hydrogens (tertiary/aromatic N) is 1. The SMILES string of the molecule is CC#CC(C)NC(=O)c1cc(COCC(C)(N)Cc2ccccc2)cc(N(CCC)S(C)(=O)=O)c1. The first-order valence-corrected chi connectivity index (χ1v) is 13.6. The van der Waals surface area contributed by atoms with Crippen LogP contribution in [0.3, 0.4) is 0 Å². The summed E-state index contributed by atoms with van der Waals surface area (Å²) < 4.78 is 32.2. The summed E-state index contributed by atoms with van der Waals surface area (Å²) in [6, 6.07) is 14.7. The van der Waals surface area contributed by atoms with Crippen molar-refractivity contribution in [3.63, 3.8) is 0 Å². The van der Waals surface area contributed by atoms with Gasteiger partial charge in [-0.2, -0.15) is 0 Å². The van der Waals surface area contributed by atoms with Crippen LogP contribution in [-0.2, 0) is 27.8 Å². The fraction of sp³-hybridized carbons (Fsp3) is 0.444. The van der Waals surface area contributed by atoms with Crippen molar-refractivity contribution in [1.29, 1.82) is 0 Å². The van der Waals surface area contributed by atoms with Crippen LogP contribution in [0.1, 0.15) is 55.6 Å². The maximum atomic E-state index is 12.9. The molecular weight excluding hydrogens is 462 g/mol. The molecule has 0 radical (unpaired) electrons. The van der Waals surface area contributed by atoms with Gasteiger partial charge >= 0.3 is 0 Å². The number of hydrogen-bond donors (Lipinski definition) is 2. The van der Waals surface area contributed by atoms with Gasteiger partial charge in [0.15, 0.2) is 0 Å². The minimum atomic E-state index is -3.53. The number of ether oxygens (including phenoxy) is 1. The van der Waals surface area contributed by atoms with Crippen molar-refractivity contribution in [2.45, 2.75) is 58.7 Å². The number of benzene rings is 2. The summed E-state index contributed by atoms with van der Waals surface area (Å²) in [7, 11) is -3.53. The van der Waals surface area contributed by atoms with E-state index in [0.29, 0.717) is 42.8 Å². The lowest BCUT2D eigenvalue weighted by molar-refractivity contribution is 0.0790. The van der Waals surface area contributed by atoms with Crippen molar-refractivity contribution in [2.24, 2.45) is 5.73 Å². The van der Waals surface area contributed by atoms with E-state index >= 15 is 0 Å². The number of carbonyl (C=O) groups is 1. The van der Waals surface area contributed by atoms with E-state index in [1.807, 2.05) is 44.2 Å². The molecule has 2 atom stereocenters. The first-order valence-electron chi connectivity index (χ1n) is 11.7. The third-order valence-electron chi connectivity index (χ3n) is 5.21. The van der Waals surface area contributed by atoms with Gasteiger partial charge < -0.3 is 15.8 Å². The molecule has 190 valence electrons. The van der Waals surface area contributed by atoms with Gasteiger partial charge in [0.25, 0.3) is 5.91 Å². The van der Waals surface area contributed by atoms with Gasteiger partial charge in [0.2, 0.25) is 10.0 Å². The van der Waals surface area contributed by atoms with Crippen molar-refractivity contribution in [3.05, 3.63) is 65.2 Å². The summed E-state index contributed by atoms with van der Waals surface area (Å²) in [4.78, 5) is 12.9. The average molecular weight is 500 g/mol.